The van der Waals surface area contributed by atoms with Crippen LogP contribution in [0.1, 0.15) is 95.1 Å². The van der Waals surface area contributed by atoms with Crippen molar-refractivity contribution in [2.75, 3.05) is 0 Å². The predicted molar refractivity (Wildman–Crippen MR) is 110 cm³/mol. The number of aryl methyl sites for hydroxylation is 1. The van der Waals surface area contributed by atoms with Gasteiger partial charge in [0.2, 0.25) is 0 Å². The first-order valence-corrected chi connectivity index (χ1v) is 11.4. The molecule has 0 atom stereocenters. The highest BCUT2D eigenvalue weighted by atomic mass is 19.1. The van der Waals surface area contributed by atoms with Crippen LogP contribution in [0.3, 0.4) is 0 Å². The molecule has 0 amide bonds. The molecule has 0 radical (unpaired) electrons. The van der Waals surface area contributed by atoms with E-state index in [1.807, 2.05) is 12.1 Å². The summed E-state index contributed by atoms with van der Waals surface area (Å²) in [5.74, 6) is 3.43. The number of hydrogen-bond donors (Lipinski definition) is 0. The minimum absolute atomic E-state index is 0.156. The summed E-state index contributed by atoms with van der Waals surface area (Å²) >= 11 is 0. The van der Waals surface area contributed by atoms with E-state index < -0.39 is 0 Å². The van der Waals surface area contributed by atoms with Crippen LogP contribution < -0.4 is 0 Å². The third kappa shape index (κ3) is 5.81. The summed E-state index contributed by atoms with van der Waals surface area (Å²) in [6, 6.07) is 7.00. The van der Waals surface area contributed by atoms with Crippen molar-refractivity contribution >= 4 is 0 Å². The number of nitriles is 1. The molecule has 1 nitrogen and oxygen atoms in total. The maximum absolute atomic E-state index is 13.7. The first-order valence-electron chi connectivity index (χ1n) is 11.4. The molecule has 0 aromatic heterocycles. The van der Waals surface area contributed by atoms with Gasteiger partial charge in [0.1, 0.15) is 11.9 Å². The Morgan fingerprint density at radius 1 is 0.926 bits per heavy atom. The Balaban J connectivity index is 1.37. The van der Waals surface area contributed by atoms with Gasteiger partial charge in [-0.2, -0.15) is 5.26 Å². The molecule has 2 aliphatic rings. The Bertz CT molecular complexity index is 616. The van der Waals surface area contributed by atoms with Gasteiger partial charge in [0.15, 0.2) is 0 Å². The highest BCUT2D eigenvalue weighted by Crippen LogP contribution is 2.43. The Kier molecular flexibility index (Phi) is 7.74. The third-order valence-corrected chi connectivity index (χ3v) is 7.41. The maximum atomic E-state index is 13.7. The summed E-state index contributed by atoms with van der Waals surface area (Å²) in [5, 5.41) is 8.84. The van der Waals surface area contributed by atoms with Crippen LogP contribution >= 0.6 is 0 Å². The van der Waals surface area contributed by atoms with Crippen molar-refractivity contribution in [2.24, 2.45) is 23.7 Å². The van der Waals surface area contributed by atoms with Crippen LogP contribution in [0.15, 0.2) is 18.2 Å². The fraction of sp³-hybridized carbons (Fsp3) is 0.720. The monoisotopic (exact) mass is 369 g/mol. The van der Waals surface area contributed by atoms with Crippen molar-refractivity contribution in [1.29, 1.82) is 5.26 Å². The van der Waals surface area contributed by atoms with Gasteiger partial charge in [0.05, 0.1) is 5.56 Å². The SMILES string of the molecule is CCCC[C@H]1CC[C@H](C2CCC(CCc3ccc(C#N)c(F)c3)CC2)CC1. The molecule has 0 unspecified atom stereocenters. The second-order valence-corrected chi connectivity index (χ2v) is 9.17. The standard InChI is InChI=1S/C25H36FN/c1-2-3-4-19-7-12-22(13-8-19)23-14-9-20(10-15-23)5-6-21-11-16-24(18-27)25(26)17-21/h11,16-17,19-20,22-23H,2-10,12-15H2,1H3/t19-,20?,22-,23?. The normalized spacial score (nSPS) is 28.6. The second-order valence-electron chi connectivity index (χ2n) is 9.17. The van der Waals surface area contributed by atoms with Gasteiger partial charge in [0.25, 0.3) is 0 Å². The van der Waals surface area contributed by atoms with Crippen LogP contribution in [0.2, 0.25) is 0 Å². The van der Waals surface area contributed by atoms with Crippen LogP contribution in [0, 0.1) is 40.8 Å². The second kappa shape index (κ2) is 10.3. The smallest absolute Gasteiger partial charge is 0.141 e. The minimum atomic E-state index is -0.367. The third-order valence-electron chi connectivity index (χ3n) is 7.41. The number of halogens is 1. The summed E-state index contributed by atoms with van der Waals surface area (Å²) in [6.07, 6.45) is 17.8. The van der Waals surface area contributed by atoms with E-state index in [2.05, 4.69) is 6.92 Å². The van der Waals surface area contributed by atoms with E-state index in [1.54, 1.807) is 12.1 Å². The molecule has 2 heteroatoms. The molecule has 2 fully saturated rings. The summed E-state index contributed by atoms with van der Waals surface area (Å²) in [7, 11) is 0. The lowest BCUT2D eigenvalue weighted by atomic mass is 9.68. The average Bonchev–Trinajstić information content (AvgIpc) is 2.71. The summed E-state index contributed by atoms with van der Waals surface area (Å²) in [4.78, 5) is 0. The Morgan fingerprint density at radius 3 is 2.04 bits per heavy atom. The van der Waals surface area contributed by atoms with E-state index in [-0.39, 0.29) is 11.4 Å². The number of nitrogens with zero attached hydrogens (tertiary/aromatic N) is 1. The Morgan fingerprint density at radius 2 is 1.52 bits per heavy atom. The first kappa shape index (κ1) is 20.4. The lowest BCUT2D eigenvalue weighted by Gasteiger charge is -2.38. The topological polar surface area (TPSA) is 23.8 Å². The van der Waals surface area contributed by atoms with E-state index in [4.69, 9.17) is 5.26 Å². The Labute approximate surface area is 165 Å². The molecule has 148 valence electrons. The molecule has 1 aromatic rings. The van der Waals surface area contributed by atoms with Gasteiger partial charge in [-0.15, -0.1) is 0 Å². The van der Waals surface area contributed by atoms with Gasteiger partial charge in [-0.05, 0) is 79.9 Å². The zero-order valence-corrected chi connectivity index (χ0v) is 17.1. The summed E-state index contributed by atoms with van der Waals surface area (Å²) < 4.78 is 13.7. The van der Waals surface area contributed by atoms with Gasteiger partial charge < -0.3 is 0 Å². The lowest BCUT2D eigenvalue weighted by molar-refractivity contribution is 0.140. The van der Waals surface area contributed by atoms with Crippen LogP contribution in [-0.2, 0) is 6.42 Å². The molecule has 0 N–H and O–H groups in total. The fourth-order valence-electron chi connectivity index (χ4n) is 5.57. The highest BCUT2D eigenvalue weighted by Gasteiger charge is 2.30. The van der Waals surface area contributed by atoms with E-state index in [0.717, 1.165) is 35.7 Å². The van der Waals surface area contributed by atoms with E-state index >= 15 is 0 Å². The molecule has 27 heavy (non-hydrogen) atoms. The van der Waals surface area contributed by atoms with E-state index in [0.29, 0.717) is 0 Å². The van der Waals surface area contributed by atoms with Crippen molar-refractivity contribution in [3.8, 4) is 6.07 Å². The van der Waals surface area contributed by atoms with Gasteiger partial charge in [-0.1, -0.05) is 57.9 Å². The summed E-state index contributed by atoms with van der Waals surface area (Å²) in [5.41, 5.74) is 1.20. The summed E-state index contributed by atoms with van der Waals surface area (Å²) in [6.45, 7) is 2.31. The molecular formula is C25H36FN. The minimum Gasteiger partial charge on any atom is -0.206 e. The number of rotatable bonds is 7. The van der Waals surface area contributed by atoms with Crippen molar-refractivity contribution < 1.29 is 4.39 Å². The molecule has 0 saturated heterocycles. The highest BCUT2D eigenvalue weighted by molar-refractivity contribution is 5.33. The molecule has 0 heterocycles. The first-order chi connectivity index (χ1) is 13.2. The predicted octanol–water partition coefficient (Wildman–Crippen LogP) is 7.43. The van der Waals surface area contributed by atoms with Gasteiger partial charge in [-0.25, -0.2) is 4.39 Å². The average molecular weight is 370 g/mol. The molecule has 2 aliphatic carbocycles. The number of hydrogen-bond acceptors (Lipinski definition) is 1. The van der Waals surface area contributed by atoms with Crippen LogP contribution in [0.5, 0.6) is 0 Å². The van der Waals surface area contributed by atoms with Crippen molar-refractivity contribution in [3.05, 3.63) is 35.1 Å². The molecule has 0 bridgehead atoms. The molecule has 3 rings (SSSR count). The van der Waals surface area contributed by atoms with E-state index in [9.17, 15) is 4.39 Å². The van der Waals surface area contributed by atoms with Crippen molar-refractivity contribution in [1.82, 2.24) is 0 Å². The van der Waals surface area contributed by atoms with Crippen LogP contribution in [0.4, 0.5) is 4.39 Å². The van der Waals surface area contributed by atoms with Crippen molar-refractivity contribution in [3.63, 3.8) is 0 Å². The number of benzene rings is 1. The number of unbranched alkanes of at least 4 members (excludes halogenated alkanes) is 1. The maximum Gasteiger partial charge on any atom is 0.141 e. The van der Waals surface area contributed by atoms with Crippen LogP contribution in [-0.4, -0.2) is 0 Å². The van der Waals surface area contributed by atoms with E-state index in [1.165, 1.54) is 77.0 Å². The van der Waals surface area contributed by atoms with Gasteiger partial charge >= 0.3 is 0 Å². The van der Waals surface area contributed by atoms with Crippen molar-refractivity contribution in [2.45, 2.75) is 90.4 Å². The Hall–Kier alpha value is -1.36. The molecule has 1 aromatic carbocycles. The lowest BCUT2D eigenvalue weighted by Crippen LogP contribution is -2.26. The largest absolute Gasteiger partial charge is 0.206 e. The zero-order chi connectivity index (χ0) is 19.1. The molecule has 0 spiro atoms. The van der Waals surface area contributed by atoms with Gasteiger partial charge in [-0.3, -0.25) is 0 Å². The molecular weight excluding hydrogens is 333 g/mol. The quantitative estimate of drug-likeness (QED) is 0.490. The molecule has 2 saturated carbocycles. The van der Waals surface area contributed by atoms with Gasteiger partial charge in [0, 0.05) is 0 Å². The zero-order valence-electron chi connectivity index (χ0n) is 17.1. The van der Waals surface area contributed by atoms with Crippen LogP contribution in [0.25, 0.3) is 0 Å². The molecule has 0 aliphatic heterocycles. The fourth-order valence-corrected chi connectivity index (χ4v) is 5.57.